The van der Waals surface area contributed by atoms with Crippen LogP contribution in [0, 0.1) is 6.92 Å². The number of carbonyl (C=O) groups excluding carboxylic acids is 1. The fourth-order valence-electron chi connectivity index (χ4n) is 2.86. The predicted molar refractivity (Wildman–Crippen MR) is 87.2 cm³/mol. The molecule has 0 fully saturated rings. The van der Waals surface area contributed by atoms with Gasteiger partial charge in [0.1, 0.15) is 0 Å². The molecular formula is C18H16ClNO. The van der Waals surface area contributed by atoms with E-state index < -0.39 is 0 Å². The Balaban J connectivity index is 2.22. The SMILES string of the molecule is CCc1c(C)n(C(=O)c2ccc(Cl)cc2)c2ccccc12. The Kier molecular flexibility index (Phi) is 3.56. The number of fused-ring (bicyclic) bond motifs is 1. The number of benzene rings is 2. The molecule has 106 valence electrons. The quantitative estimate of drug-likeness (QED) is 0.662. The van der Waals surface area contributed by atoms with Gasteiger partial charge in [-0.05, 0) is 49.2 Å². The predicted octanol–water partition coefficient (Wildman–Crippen LogP) is 4.85. The van der Waals surface area contributed by atoms with E-state index >= 15 is 0 Å². The van der Waals surface area contributed by atoms with E-state index in [2.05, 4.69) is 13.0 Å². The molecule has 0 aliphatic carbocycles. The summed E-state index contributed by atoms with van der Waals surface area (Å²) in [5, 5.41) is 1.79. The van der Waals surface area contributed by atoms with Crippen molar-refractivity contribution in [3.05, 3.63) is 70.4 Å². The highest BCUT2D eigenvalue weighted by Crippen LogP contribution is 2.27. The van der Waals surface area contributed by atoms with Gasteiger partial charge in [-0.25, -0.2) is 0 Å². The zero-order valence-electron chi connectivity index (χ0n) is 12.1. The van der Waals surface area contributed by atoms with Crippen molar-refractivity contribution in [1.29, 1.82) is 0 Å². The van der Waals surface area contributed by atoms with Gasteiger partial charge in [0.2, 0.25) is 0 Å². The monoisotopic (exact) mass is 297 g/mol. The van der Waals surface area contributed by atoms with Gasteiger partial charge in [-0.15, -0.1) is 0 Å². The molecule has 0 saturated heterocycles. The number of halogens is 1. The molecule has 0 spiro atoms. The molecule has 0 bridgehead atoms. The molecule has 0 radical (unpaired) electrons. The van der Waals surface area contributed by atoms with E-state index in [0.717, 1.165) is 23.0 Å². The van der Waals surface area contributed by atoms with Gasteiger partial charge in [-0.1, -0.05) is 36.7 Å². The summed E-state index contributed by atoms with van der Waals surface area (Å²) < 4.78 is 1.80. The maximum atomic E-state index is 12.8. The van der Waals surface area contributed by atoms with Crippen LogP contribution in [0.15, 0.2) is 48.5 Å². The molecule has 1 heterocycles. The Morgan fingerprint density at radius 2 is 1.76 bits per heavy atom. The molecule has 21 heavy (non-hydrogen) atoms. The Labute approximate surface area is 129 Å². The number of hydrogen-bond acceptors (Lipinski definition) is 1. The molecule has 2 nitrogen and oxygen atoms in total. The second-order valence-corrected chi connectivity index (χ2v) is 5.52. The number of nitrogens with zero attached hydrogens (tertiary/aromatic N) is 1. The summed E-state index contributed by atoms with van der Waals surface area (Å²) in [5.74, 6) is -0.0138. The minimum Gasteiger partial charge on any atom is -0.280 e. The number of rotatable bonds is 2. The van der Waals surface area contributed by atoms with E-state index in [1.165, 1.54) is 5.56 Å². The number of para-hydroxylation sites is 1. The van der Waals surface area contributed by atoms with Gasteiger partial charge in [-0.2, -0.15) is 0 Å². The fourth-order valence-corrected chi connectivity index (χ4v) is 2.99. The van der Waals surface area contributed by atoms with Crippen LogP contribution < -0.4 is 0 Å². The van der Waals surface area contributed by atoms with Crippen LogP contribution in [0.2, 0.25) is 5.02 Å². The van der Waals surface area contributed by atoms with Crippen LogP contribution in [0.4, 0.5) is 0 Å². The molecule has 3 aromatic rings. The Bertz CT molecular complexity index is 815. The lowest BCUT2D eigenvalue weighted by Gasteiger charge is -2.07. The lowest BCUT2D eigenvalue weighted by atomic mass is 10.1. The average molecular weight is 298 g/mol. The molecule has 0 atom stereocenters. The molecule has 0 unspecified atom stereocenters. The first kappa shape index (κ1) is 13.9. The third-order valence-electron chi connectivity index (χ3n) is 3.89. The summed E-state index contributed by atoms with van der Waals surface area (Å²) >= 11 is 5.90. The first-order valence-electron chi connectivity index (χ1n) is 7.02. The molecule has 0 saturated carbocycles. The van der Waals surface area contributed by atoms with E-state index in [-0.39, 0.29) is 5.91 Å². The molecule has 0 aliphatic heterocycles. The van der Waals surface area contributed by atoms with Gasteiger partial charge < -0.3 is 0 Å². The molecule has 0 N–H and O–H groups in total. The fraction of sp³-hybridized carbons (Fsp3) is 0.167. The Morgan fingerprint density at radius 3 is 2.43 bits per heavy atom. The average Bonchev–Trinajstić information content (AvgIpc) is 2.78. The van der Waals surface area contributed by atoms with Crippen LogP contribution in [0.25, 0.3) is 10.9 Å². The van der Waals surface area contributed by atoms with Crippen molar-refractivity contribution in [3.8, 4) is 0 Å². The van der Waals surface area contributed by atoms with Crippen molar-refractivity contribution >= 4 is 28.4 Å². The van der Waals surface area contributed by atoms with Crippen LogP contribution in [-0.4, -0.2) is 10.5 Å². The number of hydrogen-bond donors (Lipinski definition) is 0. The van der Waals surface area contributed by atoms with Gasteiger partial charge >= 0.3 is 0 Å². The van der Waals surface area contributed by atoms with E-state index in [1.54, 1.807) is 28.8 Å². The van der Waals surface area contributed by atoms with Crippen molar-refractivity contribution < 1.29 is 4.79 Å². The van der Waals surface area contributed by atoms with E-state index in [0.29, 0.717) is 10.6 Å². The second kappa shape index (κ2) is 5.38. The van der Waals surface area contributed by atoms with Crippen LogP contribution in [0.1, 0.15) is 28.5 Å². The maximum Gasteiger partial charge on any atom is 0.262 e. The second-order valence-electron chi connectivity index (χ2n) is 5.08. The Morgan fingerprint density at radius 1 is 1.10 bits per heavy atom. The van der Waals surface area contributed by atoms with Crippen LogP contribution in [-0.2, 0) is 6.42 Å². The number of aryl methyl sites for hydroxylation is 1. The molecule has 3 rings (SSSR count). The highest BCUT2D eigenvalue weighted by molar-refractivity contribution is 6.30. The third kappa shape index (κ3) is 2.26. The van der Waals surface area contributed by atoms with Crippen LogP contribution in [0.3, 0.4) is 0 Å². The highest BCUT2D eigenvalue weighted by atomic mass is 35.5. The topological polar surface area (TPSA) is 22.0 Å². The highest BCUT2D eigenvalue weighted by Gasteiger charge is 2.18. The summed E-state index contributed by atoms with van der Waals surface area (Å²) in [6, 6.07) is 15.1. The van der Waals surface area contributed by atoms with Crippen molar-refractivity contribution in [2.75, 3.05) is 0 Å². The summed E-state index contributed by atoms with van der Waals surface area (Å²) in [7, 11) is 0. The third-order valence-corrected chi connectivity index (χ3v) is 4.14. The van der Waals surface area contributed by atoms with Crippen molar-refractivity contribution in [1.82, 2.24) is 4.57 Å². The zero-order chi connectivity index (χ0) is 15.0. The normalized spacial score (nSPS) is 11.0. The van der Waals surface area contributed by atoms with E-state index in [4.69, 9.17) is 11.6 Å². The van der Waals surface area contributed by atoms with Gasteiger partial charge in [0, 0.05) is 21.7 Å². The minimum atomic E-state index is -0.0138. The Hall–Kier alpha value is -2.06. The van der Waals surface area contributed by atoms with E-state index in [9.17, 15) is 4.79 Å². The molecule has 1 aromatic heterocycles. The van der Waals surface area contributed by atoms with Crippen molar-refractivity contribution in [3.63, 3.8) is 0 Å². The van der Waals surface area contributed by atoms with Crippen LogP contribution >= 0.6 is 11.6 Å². The minimum absolute atomic E-state index is 0.0138. The number of carbonyl (C=O) groups is 1. The number of aromatic nitrogens is 1. The van der Waals surface area contributed by atoms with E-state index in [1.807, 2.05) is 25.1 Å². The summed E-state index contributed by atoms with van der Waals surface area (Å²) in [6.07, 6.45) is 0.910. The zero-order valence-corrected chi connectivity index (χ0v) is 12.8. The molecular weight excluding hydrogens is 282 g/mol. The first-order valence-corrected chi connectivity index (χ1v) is 7.40. The van der Waals surface area contributed by atoms with Gasteiger partial charge in [-0.3, -0.25) is 9.36 Å². The largest absolute Gasteiger partial charge is 0.280 e. The first-order chi connectivity index (χ1) is 10.1. The maximum absolute atomic E-state index is 12.8. The summed E-state index contributed by atoms with van der Waals surface area (Å²) in [6.45, 7) is 4.12. The molecule has 0 amide bonds. The standard InChI is InChI=1S/C18H16ClNO/c1-3-15-12(2)20(17-7-5-4-6-16(15)17)18(21)13-8-10-14(19)11-9-13/h4-11H,3H2,1-2H3. The van der Waals surface area contributed by atoms with Crippen molar-refractivity contribution in [2.45, 2.75) is 20.3 Å². The van der Waals surface area contributed by atoms with Gasteiger partial charge in [0.25, 0.3) is 5.91 Å². The summed E-state index contributed by atoms with van der Waals surface area (Å²) in [4.78, 5) is 12.8. The van der Waals surface area contributed by atoms with Gasteiger partial charge in [0.05, 0.1) is 5.52 Å². The molecule has 3 heteroatoms. The van der Waals surface area contributed by atoms with Gasteiger partial charge in [0.15, 0.2) is 0 Å². The lowest BCUT2D eigenvalue weighted by molar-refractivity contribution is 0.0963. The van der Waals surface area contributed by atoms with Crippen molar-refractivity contribution in [2.24, 2.45) is 0 Å². The lowest BCUT2D eigenvalue weighted by Crippen LogP contribution is -2.13. The molecule has 0 aliphatic rings. The molecule has 2 aromatic carbocycles. The van der Waals surface area contributed by atoms with Crippen LogP contribution in [0.5, 0.6) is 0 Å². The smallest absolute Gasteiger partial charge is 0.262 e. The summed E-state index contributed by atoms with van der Waals surface area (Å²) in [5.41, 5.74) is 3.85.